The third kappa shape index (κ3) is 4.63. The van der Waals surface area contributed by atoms with E-state index in [4.69, 9.17) is 16.7 Å². The Balaban J connectivity index is 1.92. The van der Waals surface area contributed by atoms with Gasteiger partial charge in [0.05, 0.1) is 12.2 Å². The Hall–Kier alpha value is -2.59. The van der Waals surface area contributed by atoms with Crippen molar-refractivity contribution in [1.29, 1.82) is 0 Å². The molecule has 1 unspecified atom stereocenters. The van der Waals surface area contributed by atoms with Crippen LogP contribution in [0, 0.1) is 5.92 Å². The molecule has 0 radical (unpaired) electrons. The van der Waals surface area contributed by atoms with Crippen LogP contribution in [-0.4, -0.2) is 27.6 Å². The molecule has 1 aromatic heterocycles. The SMILES string of the molecule is CCC(C)C(=O)N(C)Cc1cn(Cc2ccccc2Cl)nc1-c1ccccc1. The third-order valence-electron chi connectivity index (χ3n) is 4.99. The van der Waals surface area contributed by atoms with Crippen LogP contribution in [0.25, 0.3) is 11.3 Å². The molecule has 5 heteroatoms. The van der Waals surface area contributed by atoms with E-state index in [1.165, 1.54) is 0 Å². The number of amides is 1. The van der Waals surface area contributed by atoms with Crippen molar-refractivity contribution >= 4 is 17.5 Å². The van der Waals surface area contributed by atoms with Crippen molar-refractivity contribution in [1.82, 2.24) is 14.7 Å². The lowest BCUT2D eigenvalue weighted by atomic mass is 10.1. The van der Waals surface area contributed by atoms with Crippen LogP contribution in [0.2, 0.25) is 5.02 Å². The Kier molecular flexibility index (Phi) is 6.53. The Morgan fingerprint density at radius 2 is 1.79 bits per heavy atom. The first-order valence-corrected chi connectivity index (χ1v) is 9.97. The highest BCUT2D eigenvalue weighted by Gasteiger charge is 2.19. The highest BCUT2D eigenvalue weighted by molar-refractivity contribution is 6.31. The van der Waals surface area contributed by atoms with Crippen LogP contribution in [-0.2, 0) is 17.9 Å². The van der Waals surface area contributed by atoms with Crippen LogP contribution in [0.5, 0.6) is 0 Å². The van der Waals surface area contributed by atoms with Crippen LogP contribution in [0.15, 0.2) is 60.8 Å². The van der Waals surface area contributed by atoms with E-state index in [1.807, 2.05) is 86.4 Å². The Bertz CT molecular complexity index is 936. The average molecular weight is 396 g/mol. The van der Waals surface area contributed by atoms with Gasteiger partial charge in [0.25, 0.3) is 0 Å². The maximum atomic E-state index is 12.5. The second kappa shape index (κ2) is 9.07. The first kappa shape index (κ1) is 20.2. The molecule has 0 spiro atoms. The lowest BCUT2D eigenvalue weighted by Gasteiger charge is -2.20. The van der Waals surface area contributed by atoms with E-state index >= 15 is 0 Å². The van der Waals surface area contributed by atoms with Crippen LogP contribution in [0.3, 0.4) is 0 Å². The minimum atomic E-state index is 0.0170. The van der Waals surface area contributed by atoms with E-state index in [0.29, 0.717) is 13.1 Å². The number of halogens is 1. The average Bonchev–Trinajstić information content (AvgIpc) is 3.11. The zero-order chi connectivity index (χ0) is 20.1. The molecule has 0 fully saturated rings. The molecule has 146 valence electrons. The molecular weight excluding hydrogens is 370 g/mol. The second-order valence-corrected chi connectivity index (χ2v) is 7.57. The van der Waals surface area contributed by atoms with E-state index in [9.17, 15) is 4.79 Å². The van der Waals surface area contributed by atoms with Gasteiger partial charge >= 0.3 is 0 Å². The molecular formula is C23H26ClN3O. The predicted molar refractivity (Wildman–Crippen MR) is 114 cm³/mol. The molecule has 1 amide bonds. The fraction of sp³-hybridized carbons (Fsp3) is 0.304. The molecule has 0 aliphatic heterocycles. The Morgan fingerprint density at radius 3 is 2.46 bits per heavy atom. The fourth-order valence-electron chi connectivity index (χ4n) is 3.18. The highest BCUT2D eigenvalue weighted by Crippen LogP contribution is 2.25. The van der Waals surface area contributed by atoms with Crippen molar-refractivity contribution in [3.05, 3.63) is 76.9 Å². The normalized spacial score (nSPS) is 12.0. The second-order valence-electron chi connectivity index (χ2n) is 7.16. The molecule has 4 nitrogen and oxygen atoms in total. The predicted octanol–water partition coefficient (Wildman–Crippen LogP) is 5.26. The summed E-state index contributed by atoms with van der Waals surface area (Å²) in [6.45, 7) is 5.11. The topological polar surface area (TPSA) is 38.1 Å². The summed E-state index contributed by atoms with van der Waals surface area (Å²) in [4.78, 5) is 14.3. The van der Waals surface area contributed by atoms with Crippen molar-refractivity contribution in [2.45, 2.75) is 33.4 Å². The lowest BCUT2D eigenvalue weighted by Crippen LogP contribution is -2.31. The molecule has 1 heterocycles. The summed E-state index contributed by atoms with van der Waals surface area (Å²) in [5, 5.41) is 5.54. The summed E-state index contributed by atoms with van der Waals surface area (Å²) in [5.41, 5.74) is 3.98. The number of nitrogens with zero attached hydrogens (tertiary/aromatic N) is 3. The number of hydrogen-bond donors (Lipinski definition) is 0. The molecule has 0 bridgehead atoms. The van der Waals surface area contributed by atoms with E-state index < -0.39 is 0 Å². The van der Waals surface area contributed by atoms with Crippen molar-refractivity contribution in [3.8, 4) is 11.3 Å². The van der Waals surface area contributed by atoms with Crippen molar-refractivity contribution in [3.63, 3.8) is 0 Å². The zero-order valence-electron chi connectivity index (χ0n) is 16.6. The molecule has 0 aliphatic rings. The summed E-state index contributed by atoms with van der Waals surface area (Å²) in [6, 6.07) is 17.9. The van der Waals surface area contributed by atoms with Crippen molar-refractivity contribution < 1.29 is 4.79 Å². The van der Waals surface area contributed by atoms with E-state index in [2.05, 4.69) is 0 Å². The number of aromatic nitrogens is 2. The fourth-order valence-corrected chi connectivity index (χ4v) is 3.38. The number of benzene rings is 2. The van der Waals surface area contributed by atoms with Crippen LogP contribution in [0.1, 0.15) is 31.4 Å². The highest BCUT2D eigenvalue weighted by atomic mass is 35.5. The van der Waals surface area contributed by atoms with Gasteiger partial charge in [-0.25, -0.2) is 0 Å². The largest absolute Gasteiger partial charge is 0.341 e. The minimum absolute atomic E-state index is 0.0170. The van der Waals surface area contributed by atoms with Crippen LogP contribution >= 0.6 is 11.6 Å². The Labute approximate surface area is 171 Å². The number of hydrogen-bond acceptors (Lipinski definition) is 2. The molecule has 0 saturated heterocycles. The van der Waals surface area contributed by atoms with Crippen molar-refractivity contribution in [2.24, 2.45) is 5.92 Å². The van der Waals surface area contributed by atoms with Gasteiger partial charge in [-0.05, 0) is 18.1 Å². The van der Waals surface area contributed by atoms with Crippen LogP contribution in [0.4, 0.5) is 0 Å². The third-order valence-corrected chi connectivity index (χ3v) is 5.36. The van der Waals surface area contributed by atoms with Crippen molar-refractivity contribution in [2.75, 3.05) is 7.05 Å². The van der Waals surface area contributed by atoms with Gasteiger partial charge < -0.3 is 4.90 Å². The summed E-state index contributed by atoms with van der Waals surface area (Å²) >= 11 is 6.32. The van der Waals surface area contributed by atoms with E-state index in [-0.39, 0.29) is 11.8 Å². The molecule has 3 aromatic rings. The maximum Gasteiger partial charge on any atom is 0.225 e. The smallest absolute Gasteiger partial charge is 0.225 e. The van der Waals surface area contributed by atoms with Gasteiger partial charge in [-0.15, -0.1) is 0 Å². The minimum Gasteiger partial charge on any atom is -0.341 e. The molecule has 3 rings (SSSR count). The van der Waals surface area contributed by atoms with Gasteiger partial charge in [0.2, 0.25) is 5.91 Å². The molecule has 28 heavy (non-hydrogen) atoms. The van der Waals surface area contributed by atoms with Gasteiger partial charge in [-0.3, -0.25) is 9.48 Å². The van der Waals surface area contributed by atoms with Gasteiger partial charge in [-0.2, -0.15) is 5.10 Å². The van der Waals surface area contributed by atoms with Gasteiger partial charge in [0, 0.05) is 41.9 Å². The lowest BCUT2D eigenvalue weighted by molar-refractivity contribution is -0.134. The Morgan fingerprint density at radius 1 is 1.11 bits per heavy atom. The molecule has 0 aliphatic carbocycles. The van der Waals surface area contributed by atoms with E-state index in [0.717, 1.165) is 33.8 Å². The maximum absolute atomic E-state index is 12.5. The molecule has 0 saturated carbocycles. The standard InChI is InChI=1S/C23H26ClN3O/c1-4-17(2)23(28)26(3)14-20-16-27(15-19-12-8-9-13-21(19)24)25-22(20)18-10-6-5-7-11-18/h5-13,16-17H,4,14-15H2,1-3H3. The van der Waals surface area contributed by atoms with Gasteiger partial charge in [0.1, 0.15) is 0 Å². The number of carbonyl (C=O) groups is 1. The number of rotatable bonds is 7. The van der Waals surface area contributed by atoms with Crippen LogP contribution < -0.4 is 0 Å². The molecule has 2 aromatic carbocycles. The zero-order valence-corrected chi connectivity index (χ0v) is 17.4. The summed E-state index contributed by atoms with van der Waals surface area (Å²) in [6.07, 6.45) is 2.85. The summed E-state index contributed by atoms with van der Waals surface area (Å²) in [5.74, 6) is 0.170. The molecule has 0 N–H and O–H groups in total. The summed E-state index contributed by atoms with van der Waals surface area (Å²) in [7, 11) is 1.86. The van der Waals surface area contributed by atoms with Gasteiger partial charge in [-0.1, -0.05) is 74.0 Å². The molecule has 1 atom stereocenters. The van der Waals surface area contributed by atoms with E-state index in [1.54, 1.807) is 4.90 Å². The summed E-state index contributed by atoms with van der Waals surface area (Å²) < 4.78 is 1.90. The number of carbonyl (C=O) groups excluding carboxylic acids is 1. The van der Waals surface area contributed by atoms with Gasteiger partial charge in [0.15, 0.2) is 0 Å². The first-order chi connectivity index (χ1) is 13.5. The quantitative estimate of drug-likeness (QED) is 0.547. The first-order valence-electron chi connectivity index (χ1n) is 9.59. The monoisotopic (exact) mass is 395 g/mol.